The quantitative estimate of drug-likeness (QED) is 0.670. The van der Waals surface area contributed by atoms with Gasteiger partial charge in [-0.15, -0.1) is 0 Å². The van der Waals surface area contributed by atoms with Crippen LogP contribution in [0.2, 0.25) is 0 Å². The molecule has 2 rings (SSSR count). The number of para-hydroxylation sites is 1. The highest BCUT2D eigenvalue weighted by Gasteiger charge is 2.26. The Bertz CT molecular complexity index is 852. The number of benzene rings is 2. The van der Waals surface area contributed by atoms with Gasteiger partial charge in [0.1, 0.15) is 6.54 Å². The minimum atomic E-state index is -3.76. The summed E-state index contributed by atoms with van der Waals surface area (Å²) in [6.07, 6.45) is 1.65. The number of carbonyl (C=O) groups is 1. The van der Waals surface area contributed by atoms with E-state index in [-0.39, 0.29) is 12.5 Å². The van der Waals surface area contributed by atoms with Crippen LogP contribution in [0.4, 0.5) is 5.69 Å². The maximum absolute atomic E-state index is 12.6. The van der Waals surface area contributed by atoms with Crippen molar-refractivity contribution in [2.75, 3.05) is 31.5 Å². The monoisotopic (exact) mass is 389 g/mol. The largest absolute Gasteiger partial charge is 0.355 e. The summed E-state index contributed by atoms with van der Waals surface area (Å²) in [6, 6.07) is 16.9. The number of amides is 1. The first-order valence-electron chi connectivity index (χ1n) is 8.88. The molecule has 27 heavy (non-hydrogen) atoms. The number of nitrogens with one attached hydrogen (secondary N) is 1. The maximum atomic E-state index is 12.6. The van der Waals surface area contributed by atoms with Crippen LogP contribution in [-0.2, 0) is 21.4 Å². The average molecular weight is 390 g/mol. The van der Waals surface area contributed by atoms with E-state index in [4.69, 9.17) is 0 Å². The van der Waals surface area contributed by atoms with Gasteiger partial charge in [0.15, 0.2) is 0 Å². The second-order valence-corrected chi connectivity index (χ2v) is 8.64. The van der Waals surface area contributed by atoms with Crippen molar-refractivity contribution < 1.29 is 13.2 Å². The van der Waals surface area contributed by atoms with Gasteiger partial charge in [-0.3, -0.25) is 4.79 Å². The van der Waals surface area contributed by atoms with Crippen LogP contribution >= 0.6 is 0 Å². The summed E-state index contributed by atoms with van der Waals surface area (Å²) in [5.41, 5.74) is 2.90. The van der Waals surface area contributed by atoms with Crippen LogP contribution in [0, 0.1) is 6.92 Å². The third-order valence-electron chi connectivity index (χ3n) is 4.12. The third kappa shape index (κ3) is 6.08. The van der Waals surface area contributed by atoms with Crippen molar-refractivity contribution in [1.82, 2.24) is 9.62 Å². The molecule has 0 aliphatic rings. The van der Waals surface area contributed by atoms with E-state index < -0.39 is 10.2 Å². The molecule has 1 amide bonds. The Labute approximate surface area is 162 Å². The van der Waals surface area contributed by atoms with E-state index in [0.717, 1.165) is 21.5 Å². The molecule has 0 saturated heterocycles. The van der Waals surface area contributed by atoms with Crippen molar-refractivity contribution in [3.63, 3.8) is 0 Å². The molecule has 0 spiro atoms. The molecule has 0 aliphatic carbocycles. The fraction of sp³-hybridized carbons (Fsp3) is 0.350. The summed E-state index contributed by atoms with van der Waals surface area (Å²) in [5.74, 6) is -0.325. The van der Waals surface area contributed by atoms with Gasteiger partial charge in [0.2, 0.25) is 5.91 Å². The van der Waals surface area contributed by atoms with E-state index in [2.05, 4.69) is 30.4 Å². The summed E-state index contributed by atoms with van der Waals surface area (Å²) in [6.45, 7) is 2.29. The van der Waals surface area contributed by atoms with E-state index in [9.17, 15) is 13.2 Å². The van der Waals surface area contributed by atoms with Gasteiger partial charge >= 0.3 is 10.2 Å². The highest BCUT2D eigenvalue weighted by atomic mass is 32.2. The second-order valence-electron chi connectivity index (χ2n) is 6.57. The molecule has 6 nitrogen and oxygen atoms in total. The van der Waals surface area contributed by atoms with Gasteiger partial charge in [-0.25, -0.2) is 4.31 Å². The van der Waals surface area contributed by atoms with Crippen LogP contribution in [0.5, 0.6) is 0 Å². The van der Waals surface area contributed by atoms with Gasteiger partial charge in [0.25, 0.3) is 0 Å². The Hall–Kier alpha value is -2.38. The van der Waals surface area contributed by atoms with Crippen molar-refractivity contribution in [3.05, 3.63) is 65.7 Å². The molecule has 2 aromatic rings. The lowest BCUT2D eigenvalue weighted by atomic mass is 10.1. The predicted molar refractivity (Wildman–Crippen MR) is 109 cm³/mol. The Balaban J connectivity index is 1.94. The van der Waals surface area contributed by atoms with Crippen molar-refractivity contribution in [2.45, 2.75) is 19.8 Å². The van der Waals surface area contributed by atoms with Crippen molar-refractivity contribution in [1.29, 1.82) is 0 Å². The van der Waals surface area contributed by atoms with Crippen LogP contribution in [-0.4, -0.2) is 45.8 Å². The molecule has 146 valence electrons. The van der Waals surface area contributed by atoms with Gasteiger partial charge in [0, 0.05) is 20.6 Å². The summed E-state index contributed by atoms with van der Waals surface area (Å²) in [5, 5.41) is 2.82. The van der Waals surface area contributed by atoms with E-state index in [1.54, 1.807) is 30.3 Å². The Kier molecular flexibility index (Phi) is 7.38. The zero-order chi connectivity index (χ0) is 19.9. The maximum Gasteiger partial charge on any atom is 0.304 e. The van der Waals surface area contributed by atoms with Crippen LogP contribution < -0.4 is 9.62 Å². The number of carbonyl (C=O) groups excluding carboxylic acids is 1. The van der Waals surface area contributed by atoms with E-state index in [0.29, 0.717) is 12.2 Å². The van der Waals surface area contributed by atoms with Crippen LogP contribution in [0.15, 0.2) is 54.6 Å². The lowest BCUT2D eigenvalue weighted by molar-refractivity contribution is -0.119. The number of aryl methyl sites for hydroxylation is 2. The second kappa shape index (κ2) is 9.53. The van der Waals surface area contributed by atoms with Gasteiger partial charge in [-0.05, 0) is 37.5 Å². The molecular formula is C20H27N3O3S. The van der Waals surface area contributed by atoms with Crippen molar-refractivity contribution >= 4 is 21.8 Å². The lowest BCUT2D eigenvalue weighted by Crippen LogP contribution is -2.46. The molecule has 0 unspecified atom stereocenters. The number of anilines is 1. The Morgan fingerprint density at radius 1 is 1.04 bits per heavy atom. The molecule has 1 N–H and O–H groups in total. The average Bonchev–Trinajstić information content (AvgIpc) is 2.64. The number of nitrogens with zero attached hydrogens (tertiary/aromatic N) is 2. The minimum Gasteiger partial charge on any atom is -0.355 e. The first-order valence-corrected chi connectivity index (χ1v) is 10.3. The summed E-state index contributed by atoms with van der Waals surface area (Å²) in [4.78, 5) is 12.3. The molecule has 0 aliphatic heterocycles. The van der Waals surface area contributed by atoms with Gasteiger partial charge in [-0.1, -0.05) is 48.0 Å². The molecule has 0 saturated carbocycles. The number of hydrogen-bond acceptors (Lipinski definition) is 3. The van der Waals surface area contributed by atoms with Gasteiger partial charge in [0.05, 0.1) is 5.69 Å². The SMILES string of the molecule is Cc1cccc(CCCNC(=O)CN(c2ccccc2)S(=O)(=O)N(C)C)c1. The summed E-state index contributed by atoms with van der Waals surface area (Å²) >= 11 is 0. The van der Waals surface area contributed by atoms with E-state index >= 15 is 0 Å². The molecule has 0 atom stereocenters. The van der Waals surface area contributed by atoms with Crippen LogP contribution in [0.25, 0.3) is 0 Å². The van der Waals surface area contributed by atoms with Gasteiger partial charge < -0.3 is 5.32 Å². The highest BCUT2D eigenvalue weighted by Crippen LogP contribution is 2.18. The van der Waals surface area contributed by atoms with Crippen molar-refractivity contribution in [3.8, 4) is 0 Å². The summed E-state index contributed by atoms with van der Waals surface area (Å²) < 4.78 is 27.4. The zero-order valence-electron chi connectivity index (χ0n) is 16.1. The molecule has 0 aromatic heterocycles. The molecule has 0 fully saturated rings. The Morgan fingerprint density at radius 2 is 1.74 bits per heavy atom. The molecular weight excluding hydrogens is 362 g/mol. The first-order chi connectivity index (χ1) is 12.8. The lowest BCUT2D eigenvalue weighted by Gasteiger charge is -2.26. The zero-order valence-corrected chi connectivity index (χ0v) is 16.9. The van der Waals surface area contributed by atoms with Gasteiger partial charge in [-0.2, -0.15) is 12.7 Å². The van der Waals surface area contributed by atoms with Crippen LogP contribution in [0.3, 0.4) is 0 Å². The van der Waals surface area contributed by atoms with Crippen molar-refractivity contribution in [2.24, 2.45) is 0 Å². The fourth-order valence-electron chi connectivity index (χ4n) is 2.67. The smallest absolute Gasteiger partial charge is 0.304 e. The molecule has 2 aromatic carbocycles. The molecule has 0 radical (unpaired) electrons. The van der Waals surface area contributed by atoms with Crippen LogP contribution in [0.1, 0.15) is 17.5 Å². The standard InChI is InChI=1S/C20H27N3O3S/c1-17-9-7-10-18(15-17)11-8-14-21-20(24)16-23(27(25,26)22(2)3)19-12-5-4-6-13-19/h4-7,9-10,12-13,15H,8,11,14,16H2,1-3H3,(H,21,24). The minimum absolute atomic E-state index is 0.255. The fourth-order valence-corrected chi connectivity index (χ4v) is 3.73. The number of hydrogen-bond donors (Lipinski definition) is 1. The third-order valence-corrected chi connectivity index (χ3v) is 5.94. The first kappa shape index (κ1) is 20.9. The molecule has 0 bridgehead atoms. The highest BCUT2D eigenvalue weighted by molar-refractivity contribution is 7.90. The van der Waals surface area contributed by atoms with E-state index in [1.165, 1.54) is 25.2 Å². The summed E-state index contributed by atoms with van der Waals surface area (Å²) in [7, 11) is -0.861. The predicted octanol–water partition coefficient (Wildman–Crippen LogP) is 2.36. The molecule has 0 heterocycles. The normalized spacial score (nSPS) is 11.4. The molecule has 7 heteroatoms. The van der Waals surface area contributed by atoms with E-state index in [1.807, 2.05) is 6.07 Å². The number of rotatable bonds is 9. The Morgan fingerprint density at radius 3 is 2.37 bits per heavy atom. The topological polar surface area (TPSA) is 69.7 Å².